The van der Waals surface area contributed by atoms with Gasteiger partial charge >= 0.3 is 5.97 Å². The Labute approximate surface area is 128 Å². The molecule has 1 aromatic carbocycles. The fraction of sp³-hybridized carbons (Fsp3) is 0.188. The van der Waals surface area contributed by atoms with Crippen LogP contribution in [0.5, 0.6) is 0 Å². The number of amides is 1. The van der Waals surface area contributed by atoms with E-state index in [0.29, 0.717) is 23.5 Å². The molecule has 0 aliphatic heterocycles. The van der Waals surface area contributed by atoms with Gasteiger partial charge in [-0.15, -0.1) is 0 Å². The predicted molar refractivity (Wildman–Crippen MR) is 83.2 cm³/mol. The molecule has 0 saturated carbocycles. The van der Waals surface area contributed by atoms with Crippen LogP contribution in [0.1, 0.15) is 23.7 Å². The lowest BCUT2D eigenvalue weighted by Gasteiger charge is -2.15. The quantitative estimate of drug-likeness (QED) is 0.652. The van der Waals surface area contributed by atoms with Crippen LogP contribution in [-0.2, 0) is 9.53 Å². The summed E-state index contributed by atoms with van der Waals surface area (Å²) in [5.41, 5.74) is 6.39. The summed E-state index contributed by atoms with van der Waals surface area (Å²) >= 11 is 0. The zero-order valence-corrected chi connectivity index (χ0v) is 12.2. The number of rotatable bonds is 5. The van der Waals surface area contributed by atoms with E-state index in [1.165, 1.54) is 6.07 Å². The molecule has 1 unspecified atom stereocenters. The summed E-state index contributed by atoms with van der Waals surface area (Å²) in [6.45, 7) is 1.76. The molecule has 1 aromatic heterocycles. The number of esters is 1. The molecular weight excluding hydrogens is 282 g/mol. The Kier molecular flexibility index (Phi) is 5.08. The van der Waals surface area contributed by atoms with Gasteiger partial charge in [-0.25, -0.2) is 9.78 Å². The smallest absolute Gasteiger partial charge is 0.338 e. The van der Waals surface area contributed by atoms with Gasteiger partial charge in [-0.3, -0.25) is 4.79 Å². The molecule has 0 saturated heterocycles. The fourth-order valence-corrected chi connectivity index (χ4v) is 1.83. The van der Waals surface area contributed by atoms with Crippen LogP contribution in [0.2, 0.25) is 0 Å². The first-order valence-corrected chi connectivity index (χ1v) is 6.88. The van der Waals surface area contributed by atoms with Gasteiger partial charge in [0.1, 0.15) is 5.82 Å². The van der Waals surface area contributed by atoms with Gasteiger partial charge in [0.2, 0.25) is 0 Å². The minimum Gasteiger partial charge on any atom is -0.449 e. The standard InChI is InChI=1S/C16H17N3O3/c1-2-13(15(20)19-14-8-3-4-9-18-14)22-16(21)11-6-5-7-12(17)10-11/h3-10,13H,2,17H2,1H3,(H,18,19,20). The van der Waals surface area contributed by atoms with Gasteiger partial charge in [-0.1, -0.05) is 19.1 Å². The number of anilines is 2. The first-order chi connectivity index (χ1) is 10.6. The van der Waals surface area contributed by atoms with Crippen LogP contribution < -0.4 is 11.1 Å². The molecule has 0 aliphatic carbocycles. The summed E-state index contributed by atoms with van der Waals surface area (Å²) in [6, 6.07) is 11.6. The van der Waals surface area contributed by atoms with Gasteiger partial charge < -0.3 is 15.8 Å². The number of hydrogen-bond donors (Lipinski definition) is 2. The second kappa shape index (κ2) is 7.21. The molecular formula is C16H17N3O3. The van der Waals surface area contributed by atoms with Gasteiger partial charge in [0, 0.05) is 11.9 Å². The Bertz CT molecular complexity index is 659. The van der Waals surface area contributed by atoms with Crippen LogP contribution in [-0.4, -0.2) is 23.0 Å². The van der Waals surface area contributed by atoms with E-state index in [0.717, 1.165) is 0 Å². The molecule has 2 rings (SSSR count). The molecule has 1 amide bonds. The number of nitrogen functional groups attached to an aromatic ring is 1. The van der Waals surface area contributed by atoms with E-state index in [9.17, 15) is 9.59 Å². The van der Waals surface area contributed by atoms with E-state index < -0.39 is 18.0 Å². The molecule has 0 bridgehead atoms. The van der Waals surface area contributed by atoms with Crippen molar-refractivity contribution in [3.63, 3.8) is 0 Å². The number of nitrogens with one attached hydrogen (secondary N) is 1. The average molecular weight is 299 g/mol. The number of ether oxygens (including phenoxy) is 1. The van der Waals surface area contributed by atoms with Crippen molar-refractivity contribution >= 4 is 23.4 Å². The minimum atomic E-state index is -0.893. The van der Waals surface area contributed by atoms with E-state index in [2.05, 4.69) is 10.3 Å². The number of benzene rings is 1. The number of nitrogens with zero attached hydrogens (tertiary/aromatic N) is 1. The van der Waals surface area contributed by atoms with Crippen molar-refractivity contribution in [2.45, 2.75) is 19.4 Å². The molecule has 6 heteroatoms. The maximum absolute atomic E-state index is 12.1. The van der Waals surface area contributed by atoms with E-state index >= 15 is 0 Å². The summed E-state index contributed by atoms with van der Waals surface area (Å²) in [5.74, 6) is -0.597. The maximum Gasteiger partial charge on any atom is 0.338 e. The van der Waals surface area contributed by atoms with Gasteiger partial charge in [0.25, 0.3) is 5.91 Å². The van der Waals surface area contributed by atoms with Crippen LogP contribution in [0.3, 0.4) is 0 Å². The Hall–Kier alpha value is -2.89. The summed E-state index contributed by atoms with van der Waals surface area (Å²) in [4.78, 5) is 28.2. The molecule has 0 aliphatic rings. The number of nitrogens with two attached hydrogens (primary N) is 1. The lowest BCUT2D eigenvalue weighted by atomic mass is 10.2. The molecule has 0 radical (unpaired) electrons. The van der Waals surface area contributed by atoms with Crippen LogP contribution >= 0.6 is 0 Å². The number of carbonyl (C=O) groups is 2. The molecule has 0 fully saturated rings. The van der Waals surface area contributed by atoms with Crippen molar-refractivity contribution in [2.75, 3.05) is 11.1 Å². The van der Waals surface area contributed by atoms with Crippen molar-refractivity contribution in [1.82, 2.24) is 4.98 Å². The number of carbonyl (C=O) groups excluding carboxylic acids is 2. The number of hydrogen-bond acceptors (Lipinski definition) is 5. The average Bonchev–Trinajstić information content (AvgIpc) is 2.53. The second-order valence-corrected chi connectivity index (χ2v) is 4.63. The predicted octanol–water partition coefficient (Wildman–Crippen LogP) is 2.24. The van der Waals surface area contributed by atoms with Gasteiger partial charge in [-0.05, 0) is 36.8 Å². The highest BCUT2D eigenvalue weighted by Crippen LogP contribution is 2.12. The molecule has 114 valence electrons. The van der Waals surface area contributed by atoms with E-state index in [4.69, 9.17) is 10.5 Å². The van der Waals surface area contributed by atoms with Crippen molar-refractivity contribution in [1.29, 1.82) is 0 Å². The Morgan fingerprint density at radius 2 is 2.09 bits per heavy atom. The zero-order chi connectivity index (χ0) is 15.9. The van der Waals surface area contributed by atoms with Crippen LogP contribution in [0, 0.1) is 0 Å². The van der Waals surface area contributed by atoms with E-state index in [1.807, 2.05) is 0 Å². The molecule has 6 nitrogen and oxygen atoms in total. The summed E-state index contributed by atoms with van der Waals surface area (Å²) in [6.07, 6.45) is 1.03. The third-order valence-electron chi connectivity index (χ3n) is 2.95. The Morgan fingerprint density at radius 3 is 2.73 bits per heavy atom. The fourth-order valence-electron chi connectivity index (χ4n) is 1.83. The highest BCUT2D eigenvalue weighted by atomic mass is 16.5. The molecule has 22 heavy (non-hydrogen) atoms. The highest BCUT2D eigenvalue weighted by molar-refractivity contribution is 5.97. The van der Waals surface area contributed by atoms with Crippen molar-refractivity contribution in [2.24, 2.45) is 0 Å². The maximum atomic E-state index is 12.1. The normalized spacial score (nSPS) is 11.5. The molecule has 1 atom stereocenters. The van der Waals surface area contributed by atoms with E-state index in [-0.39, 0.29) is 0 Å². The van der Waals surface area contributed by atoms with Gasteiger partial charge in [0.15, 0.2) is 6.10 Å². The van der Waals surface area contributed by atoms with Crippen molar-refractivity contribution in [3.05, 3.63) is 54.2 Å². The van der Waals surface area contributed by atoms with Crippen LogP contribution in [0.25, 0.3) is 0 Å². The molecule has 1 heterocycles. The van der Waals surface area contributed by atoms with Crippen LogP contribution in [0.4, 0.5) is 11.5 Å². The molecule has 2 aromatic rings. The molecule has 0 spiro atoms. The SMILES string of the molecule is CCC(OC(=O)c1cccc(N)c1)C(=O)Nc1ccccn1. The second-order valence-electron chi connectivity index (χ2n) is 4.63. The lowest BCUT2D eigenvalue weighted by Crippen LogP contribution is -2.32. The summed E-state index contributed by atoms with van der Waals surface area (Å²) in [7, 11) is 0. The molecule has 3 N–H and O–H groups in total. The largest absolute Gasteiger partial charge is 0.449 e. The summed E-state index contributed by atoms with van der Waals surface area (Å²) < 4.78 is 5.24. The highest BCUT2D eigenvalue weighted by Gasteiger charge is 2.22. The van der Waals surface area contributed by atoms with Crippen LogP contribution in [0.15, 0.2) is 48.7 Å². The van der Waals surface area contributed by atoms with Gasteiger partial charge in [0.05, 0.1) is 5.56 Å². The first kappa shape index (κ1) is 15.5. The van der Waals surface area contributed by atoms with Gasteiger partial charge in [-0.2, -0.15) is 0 Å². The van der Waals surface area contributed by atoms with Crippen molar-refractivity contribution < 1.29 is 14.3 Å². The monoisotopic (exact) mass is 299 g/mol. The lowest BCUT2D eigenvalue weighted by molar-refractivity contribution is -0.124. The third-order valence-corrected chi connectivity index (χ3v) is 2.95. The van der Waals surface area contributed by atoms with E-state index in [1.54, 1.807) is 49.5 Å². The minimum absolute atomic E-state index is 0.309. The first-order valence-electron chi connectivity index (χ1n) is 6.88. The number of pyridine rings is 1. The Morgan fingerprint density at radius 1 is 1.27 bits per heavy atom. The Balaban J connectivity index is 2.02. The topological polar surface area (TPSA) is 94.3 Å². The third kappa shape index (κ3) is 4.05. The zero-order valence-electron chi connectivity index (χ0n) is 12.2. The van der Waals surface area contributed by atoms with Crippen molar-refractivity contribution in [3.8, 4) is 0 Å². The summed E-state index contributed by atoms with van der Waals surface area (Å²) in [5, 5.41) is 2.61. The number of aromatic nitrogens is 1.